The van der Waals surface area contributed by atoms with E-state index in [4.69, 9.17) is 0 Å². The molecule has 14 heteroatoms. The van der Waals surface area contributed by atoms with Gasteiger partial charge in [-0.1, -0.05) is 72.0 Å². The maximum atomic E-state index is 12.4. The second-order valence-electron chi connectivity index (χ2n) is 20.0. The van der Waals surface area contributed by atoms with Gasteiger partial charge in [0.1, 0.15) is 5.69 Å². The highest BCUT2D eigenvalue weighted by Gasteiger charge is 2.59. The average Bonchev–Trinajstić information content (AvgIpc) is 3.59. The quantitative estimate of drug-likeness (QED) is 0.0276. The molecule has 0 radical (unpaired) electrons. The van der Waals surface area contributed by atoms with Gasteiger partial charge in [-0.15, -0.1) is 0 Å². The fourth-order valence-corrected chi connectivity index (χ4v) is 12.1. The van der Waals surface area contributed by atoms with Crippen molar-refractivity contribution in [2.75, 3.05) is 38.0 Å². The van der Waals surface area contributed by atoms with Crippen LogP contribution in [0, 0.1) is 66.6 Å². The standard InChI is InChI=1S/C48H77N7O7/c1-33(2)11-9-12-34(3)39-17-18-40-38-16-14-35-31-36(20-24-47(35,4)41(38)21-25-48(39,40)5)49-27-10-28-51-45(57)22-30-53-46(58)23-29-52-44(56)13-7-6-8-26-50-42-19-15-37(54(59)60)32-43(42)55(61)62/h14-15,19,32-34,36,38-41,49-50H,6-13,16-18,20-31H2,1-5H3,(H,51,57)(H,52,56)(H,53,58)/t34-,36+,38?,39-,40?,41?,47+,48-/m1/s1. The monoisotopic (exact) mass is 864 g/mol. The van der Waals surface area contributed by atoms with E-state index in [1.807, 2.05) is 0 Å². The molecule has 5 rings (SSSR count). The summed E-state index contributed by atoms with van der Waals surface area (Å²) in [7, 11) is 0. The van der Waals surface area contributed by atoms with Crippen molar-refractivity contribution in [2.45, 2.75) is 156 Å². The Morgan fingerprint density at radius 3 is 2.15 bits per heavy atom. The van der Waals surface area contributed by atoms with Crippen LogP contribution in [-0.4, -0.2) is 66.3 Å². The van der Waals surface area contributed by atoms with Crippen molar-refractivity contribution in [2.24, 2.45) is 46.3 Å². The summed E-state index contributed by atoms with van der Waals surface area (Å²) in [5.74, 6) is 4.64. The average molecular weight is 864 g/mol. The Morgan fingerprint density at radius 1 is 0.742 bits per heavy atom. The minimum atomic E-state index is -0.678. The Labute approximate surface area is 370 Å². The summed E-state index contributed by atoms with van der Waals surface area (Å²) in [5, 5.41) is 37.4. The van der Waals surface area contributed by atoms with Gasteiger partial charge in [-0.3, -0.25) is 34.6 Å². The van der Waals surface area contributed by atoms with Crippen LogP contribution < -0.4 is 26.6 Å². The Morgan fingerprint density at radius 2 is 1.45 bits per heavy atom. The van der Waals surface area contributed by atoms with E-state index >= 15 is 0 Å². The second kappa shape index (κ2) is 23.0. The van der Waals surface area contributed by atoms with E-state index in [9.17, 15) is 34.6 Å². The van der Waals surface area contributed by atoms with E-state index in [2.05, 4.69) is 67.3 Å². The molecule has 0 spiro atoms. The smallest absolute Gasteiger partial charge is 0.299 e. The van der Waals surface area contributed by atoms with Gasteiger partial charge in [0.2, 0.25) is 17.7 Å². The van der Waals surface area contributed by atoms with Crippen molar-refractivity contribution in [3.8, 4) is 0 Å². The Kier molecular flexibility index (Phi) is 18.2. The summed E-state index contributed by atoms with van der Waals surface area (Å²) in [6.07, 6.45) is 20.9. The molecule has 0 bridgehead atoms. The number of fused-ring (bicyclic) bond motifs is 5. The van der Waals surface area contributed by atoms with Crippen LogP contribution in [0.4, 0.5) is 17.1 Å². The molecule has 1 aromatic carbocycles. The lowest BCUT2D eigenvalue weighted by Crippen LogP contribution is -2.51. The lowest BCUT2D eigenvalue weighted by molar-refractivity contribution is -0.393. The summed E-state index contributed by atoms with van der Waals surface area (Å²) in [5.41, 5.74) is 2.08. The first-order valence-corrected chi connectivity index (χ1v) is 24.0. The van der Waals surface area contributed by atoms with Gasteiger partial charge in [-0.25, -0.2) is 0 Å². The molecule has 62 heavy (non-hydrogen) atoms. The minimum Gasteiger partial charge on any atom is -0.379 e. The van der Waals surface area contributed by atoms with E-state index in [0.29, 0.717) is 49.2 Å². The number of hydrogen-bond donors (Lipinski definition) is 5. The molecule has 0 saturated heterocycles. The number of non-ortho nitro benzene ring substituents is 1. The van der Waals surface area contributed by atoms with Crippen molar-refractivity contribution in [3.05, 3.63) is 50.1 Å². The van der Waals surface area contributed by atoms with Crippen LogP contribution in [0.15, 0.2) is 29.8 Å². The third kappa shape index (κ3) is 13.0. The highest BCUT2D eigenvalue weighted by Crippen LogP contribution is 2.67. The van der Waals surface area contributed by atoms with Crippen molar-refractivity contribution < 1.29 is 24.2 Å². The number of benzene rings is 1. The van der Waals surface area contributed by atoms with E-state index in [1.165, 1.54) is 76.3 Å². The Bertz CT molecular complexity index is 1740. The number of carbonyl (C=O) groups is 3. The highest BCUT2D eigenvalue weighted by molar-refractivity contribution is 5.80. The molecule has 14 nitrogen and oxygen atoms in total. The molecule has 4 aliphatic carbocycles. The third-order valence-corrected chi connectivity index (χ3v) is 15.5. The summed E-state index contributed by atoms with van der Waals surface area (Å²) < 4.78 is 0. The normalized spacial score (nSPS) is 26.9. The number of nitro benzene ring substituents is 2. The zero-order chi connectivity index (χ0) is 44.9. The first-order valence-electron chi connectivity index (χ1n) is 24.0. The minimum absolute atomic E-state index is 0.0899. The molecule has 3 unspecified atom stereocenters. The number of hydrogen-bond acceptors (Lipinski definition) is 9. The summed E-state index contributed by atoms with van der Waals surface area (Å²) in [6, 6.07) is 3.96. The van der Waals surface area contributed by atoms with Gasteiger partial charge >= 0.3 is 0 Å². The van der Waals surface area contributed by atoms with Crippen molar-refractivity contribution >= 4 is 34.8 Å². The van der Waals surface area contributed by atoms with Gasteiger partial charge in [0.25, 0.3) is 11.4 Å². The molecule has 8 atom stereocenters. The predicted octanol–water partition coefficient (Wildman–Crippen LogP) is 8.99. The molecule has 3 fully saturated rings. The molecule has 346 valence electrons. The van der Waals surface area contributed by atoms with Gasteiger partial charge in [0.05, 0.1) is 15.9 Å². The van der Waals surface area contributed by atoms with Crippen LogP contribution in [0.1, 0.15) is 150 Å². The molecule has 1 aromatic rings. The van der Waals surface area contributed by atoms with Crippen molar-refractivity contribution in [1.29, 1.82) is 0 Å². The maximum Gasteiger partial charge on any atom is 0.299 e. The van der Waals surface area contributed by atoms with Gasteiger partial charge in [0.15, 0.2) is 0 Å². The number of allylic oxidation sites excluding steroid dienone is 1. The number of nitrogens with one attached hydrogen (secondary N) is 5. The van der Waals surface area contributed by atoms with Crippen LogP contribution in [0.3, 0.4) is 0 Å². The second-order valence-corrected chi connectivity index (χ2v) is 20.0. The Balaban J connectivity index is 0.875. The number of rotatable bonds is 25. The highest BCUT2D eigenvalue weighted by atomic mass is 16.6. The number of carbonyl (C=O) groups excluding carboxylic acids is 3. The molecule has 0 aliphatic heterocycles. The molecular formula is C48H77N7O7. The number of unbranched alkanes of at least 4 members (excludes halogenated alkanes) is 2. The van der Waals surface area contributed by atoms with Crippen molar-refractivity contribution in [3.63, 3.8) is 0 Å². The number of anilines is 1. The zero-order valence-electron chi connectivity index (χ0n) is 38.4. The topological polar surface area (TPSA) is 198 Å². The van der Waals surface area contributed by atoms with E-state index in [0.717, 1.165) is 61.0 Å². The van der Waals surface area contributed by atoms with Gasteiger partial charge in [-0.2, -0.15) is 0 Å². The summed E-state index contributed by atoms with van der Waals surface area (Å²) in [6.45, 7) is 14.9. The van der Waals surface area contributed by atoms with Crippen molar-refractivity contribution in [1.82, 2.24) is 21.3 Å². The van der Waals surface area contributed by atoms with Crippen LogP contribution in [0.2, 0.25) is 0 Å². The number of nitro groups is 2. The predicted molar refractivity (Wildman–Crippen MR) is 244 cm³/mol. The molecule has 4 aliphatic rings. The Hall–Kier alpha value is -4.07. The van der Waals surface area contributed by atoms with Crippen LogP contribution in [-0.2, 0) is 14.4 Å². The number of amides is 3. The zero-order valence-corrected chi connectivity index (χ0v) is 38.4. The van der Waals surface area contributed by atoms with E-state index < -0.39 is 9.85 Å². The molecular weight excluding hydrogens is 787 g/mol. The van der Waals surface area contributed by atoms with Gasteiger partial charge in [-0.05, 0) is 130 Å². The first kappa shape index (κ1) is 49.0. The first-order chi connectivity index (χ1) is 29.6. The summed E-state index contributed by atoms with van der Waals surface area (Å²) in [4.78, 5) is 57.7. The van der Waals surface area contributed by atoms with Crippen LogP contribution in [0.25, 0.3) is 0 Å². The molecule has 3 amide bonds. The third-order valence-electron chi connectivity index (χ3n) is 15.5. The van der Waals surface area contributed by atoms with E-state index in [-0.39, 0.29) is 67.1 Å². The number of nitrogens with zero attached hydrogens (tertiary/aromatic N) is 2. The maximum absolute atomic E-state index is 12.4. The SMILES string of the molecule is CC(C)CCC[C@@H](C)[C@H]1CCC2C3CC=C4C[C@@H](NCCCNC(=O)CCNC(=O)CCNC(=O)CCCCCNc5ccc([N+](=O)[O-])cc5[N+](=O)[O-])CC[C@]4(C)C3CC[C@@]21C. The molecule has 5 N–H and O–H groups in total. The molecule has 0 heterocycles. The molecule has 0 aromatic heterocycles. The molecule has 3 saturated carbocycles. The van der Waals surface area contributed by atoms with Gasteiger partial charge in [0, 0.05) is 57.5 Å². The fourth-order valence-electron chi connectivity index (χ4n) is 12.1. The lowest BCUT2D eigenvalue weighted by atomic mass is 9.47. The lowest BCUT2D eigenvalue weighted by Gasteiger charge is -2.58. The van der Waals surface area contributed by atoms with Crippen LogP contribution >= 0.6 is 0 Å². The van der Waals surface area contributed by atoms with Crippen LogP contribution in [0.5, 0.6) is 0 Å². The summed E-state index contributed by atoms with van der Waals surface area (Å²) >= 11 is 0. The largest absolute Gasteiger partial charge is 0.379 e. The van der Waals surface area contributed by atoms with E-state index in [1.54, 1.807) is 5.57 Å². The fraction of sp³-hybridized carbons (Fsp3) is 0.771. The van der Waals surface area contributed by atoms with Gasteiger partial charge < -0.3 is 26.6 Å².